The standard InChI is InChI=1S/C25H24N2O3S/c1-16-10-11-21(24(28)27-16)17-7-5-8-18(13-17)22-15-20(25(2,3)31(4,29)30)14-19-9-6-12-26-23(19)22/h5-15H,1-4H3,(H,27,28). The number of rotatable bonds is 4. The molecule has 0 aliphatic heterocycles. The zero-order valence-corrected chi connectivity index (χ0v) is 18.7. The Morgan fingerprint density at radius 3 is 2.29 bits per heavy atom. The van der Waals surface area contributed by atoms with Gasteiger partial charge in [0.2, 0.25) is 0 Å². The van der Waals surface area contributed by atoms with Gasteiger partial charge in [-0.05, 0) is 73.9 Å². The highest BCUT2D eigenvalue weighted by Crippen LogP contribution is 2.37. The first-order valence-electron chi connectivity index (χ1n) is 9.97. The van der Waals surface area contributed by atoms with Crippen LogP contribution in [-0.2, 0) is 14.6 Å². The number of aromatic nitrogens is 2. The molecule has 6 heteroatoms. The highest BCUT2D eigenvalue weighted by atomic mass is 32.2. The van der Waals surface area contributed by atoms with Crippen molar-refractivity contribution in [2.24, 2.45) is 0 Å². The second-order valence-electron chi connectivity index (χ2n) is 8.35. The minimum absolute atomic E-state index is 0.146. The number of aryl methyl sites for hydroxylation is 1. The minimum Gasteiger partial charge on any atom is -0.326 e. The van der Waals surface area contributed by atoms with Gasteiger partial charge in [0.25, 0.3) is 5.56 Å². The lowest BCUT2D eigenvalue weighted by Crippen LogP contribution is -2.28. The van der Waals surface area contributed by atoms with Crippen molar-refractivity contribution in [3.05, 3.63) is 88.5 Å². The Bertz CT molecular complexity index is 1470. The number of aromatic amines is 1. The molecular weight excluding hydrogens is 408 g/mol. The average molecular weight is 433 g/mol. The van der Waals surface area contributed by atoms with E-state index in [9.17, 15) is 13.2 Å². The number of sulfone groups is 1. The van der Waals surface area contributed by atoms with Crippen LogP contribution >= 0.6 is 0 Å². The predicted molar refractivity (Wildman–Crippen MR) is 126 cm³/mol. The van der Waals surface area contributed by atoms with Crippen molar-refractivity contribution in [1.29, 1.82) is 0 Å². The lowest BCUT2D eigenvalue weighted by atomic mass is 9.92. The summed E-state index contributed by atoms with van der Waals surface area (Å²) in [5.41, 5.74) is 5.20. The molecule has 0 spiro atoms. The van der Waals surface area contributed by atoms with E-state index in [-0.39, 0.29) is 5.56 Å². The molecule has 5 nitrogen and oxygen atoms in total. The SMILES string of the molecule is Cc1ccc(-c2cccc(-c3cc(C(C)(C)S(C)(=O)=O)cc4cccnc34)c2)c(=O)[nH]1. The molecule has 2 aromatic heterocycles. The van der Waals surface area contributed by atoms with Crippen LogP contribution in [0.25, 0.3) is 33.2 Å². The number of fused-ring (bicyclic) bond motifs is 1. The third-order valence-corrected chi connectivity index (χ3v) is 7.96. The molecule has 158 valence electrons. The Labute approximate surface area is 181 Å². The maximum Gasteiger partial charge on any atom is 0.256 e. The fraction of sp³-hybridized carbons (Fsp3) is 0.200. The van der Waals surface area contributed by atoms with E-state index in [1.807, 2.05) is 67.6 Å². The van der Waals surface area contributed by atoms with E-state index >= 15 is 0 Å². The molecule has 31 heavy (non-hydrogen) atoms. The van der Waals surface area contributed by atoms with Crippen LogP contribution in [0.1, 0.15) is 25.1 Å². The van der Waals surface area contributed by atoms with Crippen LogP contribution < -0.4 is 5.56 Å². The van der Waals surface area contributed by atoms with Gasteiger partial charge in [-0.2, -0.15) is 0 Å². The number of hydrogen-bond donors (Lipinski definition) is 1. The summed E-state index contributed by atoms with van der Waals surface area (Å²) in [5, 5.41) is 0.866. The molecule has 0 bridgehead atoms. The van der Waals surface area contributed by atoms with E-state index < -0.39 is 14.6 Å². The van der Waals surface area contributed by atoms with Crippen LogP contribution in [-0.4, -0.2) is 24.6 Å². The van der Waals surface area contributed by atoms with Crippen molar-refractivity contribution in [3.63, 3.8) is 0 Å². The molecule has 0 saturated heterocycles. The van der Waals surface area contributed by atoms with Gasteiger partial charge in [-0.25, -0.2) is 8.42 Å². The van der Waals surface area contributed by atoms with E-state index in [2.05, 4.69) is 9.97 Å². The quantitative estimate of drug-likeness (QED) is 0.500. The minimum atomic E-state index is -3.35. The Morgan fingerprint density at radius 1 is 0.903 bits per heavy atom. The summed E-state index contributed by atoms with van der Waals surface area (Å²) in [6.07, 6.45) is 2.98. The summed E-state index contributed by atoms with van der Waals surface area (Å²) < 4.78 is 23.9. The molecule has 0 saturated carbocycles. The van der Waals surface area contributed by atoms with Gasteiger partial charge in [0.05, 0.1) is 10.3 Å². The first-order chi connectivity index (χ1) is 14.6. The second-order valence-corrected chi connectivity index (χ2v) is 10.9. The topological polar surface area (TPSA) is 79.9 Å². The molecule has 1 N–H and O–H groups in total. The molecule has 0 radical (unpaired) electrons. The first kappa shape index (κ1) is 21.0. The lowest BCUT2D eigenvalue weighted by Gasteiger charge is -2.24. The molecule has 2 aromatic carbocycles. The van der Waals surface area contributed by atoms with Gasteiger partial charge in [0.1, 0.15) is 0 Å². The van der Waals surface area contributed by atoms with E-state index in [1.54, 1.807) is 20.0 Å². The average Bonchev–Trinajstić information content (AvgIpc) is 2.72. The van der Waals surface area contributed by atoms with Crippen LogP contribution in [0.2, 0.25) is 0 Å². The van der Waals surface area contributed by atoms with Crippen LogP contribution in [0.5, 0.6) is 0 Å². The van der Waals surface area contributed by atoms with Gasteiger partial charge in [-0.3, -0.25) is 9.78 Å². The Kier molecular flexibility index (Phi) is 5.06. The Hall–Kier alpha value is -3.25. The second kappa shape index (κ2) is 7.46. The summed E-state index contributed by atoms with van der Waals surface area (Å²) in [6, 6.07) is 18.9. The molecule has 4 aromatic rings. The molecule has 0 aliphatic carbocycles. The Morgan fingerprint density at radius 2 is 1.61 bits per heavy atom. The van der Waals surface area contributed by atoms with Gasteiger partial charge >= 0.3 is 0 Å². The van der Waals surface area contributed by atoms with Crippen molar-refractivity contribution in [2.75, 3.05) is 6.26 Å². The summed E-state index contributed by atoms with van der Waals surface area (Å²) in [4.78, 5) is 19.9. The number of benzene rings is 2. The monoisotopic (exact) mass is 432 g/mol. The fourth-order valence-electron chi connectivity index (χ4n) is 3.63. The first-order valence-corrected chi connectivity index (χ1v) is 11.9. The number of H-pyrrole nitrogens is 1. The summed E-state index contributed by atoms with van der Waals surface area (Å²) in [7, 11) is -3.35. The highest BCUT2D eigenvalue weighted by molar-refractivity contribution is 7.91. The molecule has 0 atom stereocenters. The van der Waals surface area contributed by atoms with E-state index in [0.717, 1.165) is 33.3 Å². The summed E-state index contributed by atoms with van der Waals surface area (Å²) in [6.45, 7) is 5.27. The van der Waals surface area contributed by atoms with Crippen molar-refractivity contribution < 1.29 is 8.42 Å². The van der Waals surface area contributed by atoms with Gasteiger partial charge in [0.15, 0.2) is 9.84 Å². The maximum absolute atomic E-state index is 12.5. The molecule has 0 unspecified atom stereocenters. The molecule has 4 rings (SSSR count). The fourth-order valence-corrected chi connectivity index (χ4v) is 4.17. The smallest absolute Gasteiger partial charge is 0.256 e. The van der Waals surface area contributed by atoms with Crippen molar-refractivity contribution in [3.8, 4) is 22.3 Å². The van der Waals surface area contributed by atoms with Crippen LogP contribution in [0.15, 0.2) is 71.7 Å². The van der Waals surface area contributed by atoms with Gasteiger partial charge < -0.3 is 4.98 Å². The molecule has 0 amide bonds. The van der Waals surface area contributed by atoms with E-state index in [4.69, 9.17) is 0 Å². The van der Waals surface area contributed by atoms with Crippen LogP contribution in [0, 0.1) is 6.92 Å². The summed E-state index contributed by atoms with van der Waals surface area (Å²) in [5.74, 6) is 0. The molecule has 2 heterocycles. The van der Waals surface area contributed by atoms with Gasteiger partial charge in [-0.1, -0.05) is 24.3 Å². The number of pyridine rings is 2. The number of hydrogen-bond acceptors (Lipinski definition) is 4. The molecular formula is C25H24N2O3S. The van der Waals surface area contributed by atoms with Crippen molar-refractivity contribution in [1.82, 2.24) is 9.97 Å². The van der Waals surface area contributed by atoms with Crippen LogP contribution in [0.3, 0.4) is 0 Å². The largest absolute Gasteiger partial charge is 0.326 e. The number of nitrogens with zero attached hydrogens (tertiary/aromatic N) is 1. The predicted octanol–water partition coefficient (Wildman–Crippen LogP) is 4.85. The lowest BCUT2D eigenvalue weighted by molar-refractivity contribution is 0.561. The van der Waals surface area contributed by atoms with Gasteiger partial charge in [0, 0.05) is 34.7 Å². The third-order valence-electron chi connectivity index (χ3n) is 5.87. The zero-order chi connectivity index (χ0) is 22.4. The molecule has 0 aliphatic rings. The maximum atomic E-state index is 12.5. The highest BCUT2D eigenvalue weighted by Gasteiger charge is 2.33. The van der Waals surface area contributed by atoms with Crippen molar-refractivity contribution >= 4 is 20.7 Å². The molecule has 0 fully saturated rings. The van der Waals surface area contributed by atoms with E-state index in [1.165, 1.54) is 6.26 Å². The Balaban J connectivity index is 1.97. The van der Waals surface area contributed by atoms with Crippen molar-refractivity contribution in [2.45, 2.75) is 25.5 Å². The van der Waals surface area contributed by atoms with Crippen LogP contribution in [0.4, 0.5) is 0 Å². The van der Waals surface area contributed by atoms with E-state index in [0.29, 0.717) is 11.1 Å². The summed E-state index contributed by atoms with van der Waals surface area (Å²) >= 11 is 0. The zero-order valence-electron chi connectivity index (χ0n) is 17.9. The van der Waals surface area contributed by atoms with Gasteiger partial charge in [-0.15, -0.1) is 0 Å². The third kappa shape index (κ3) is 3.79. The number of nitrogens with one attached hydrogen (secondary N) is 1. The normalized spacial score (nSPS) is 12.3.